The summed E-state index contributed by atoms with van der Waals surface area (Å²) in [5, 5.41) is 2.96. The van der Waals surface area contributed by atoms with Crippen molar-refractivity contribution in [3.8, 4) is 11.5 Å². The summed E-state index contributed by atoms with van der Waals surface area (Å²) in [6, 6.07) is 21.2. The van der Waals surface area contributed by atoms with Crippen LogP contribution in [0.15, 0.2) is 71.1 Å². The fourth-order valence-electron chi connectivity index (χ4n) is 3.22. The molecular weight excluding hydrogens is 360 g/mol. The molecule has 4 aromatic rings. The number of fused-ring (bicyclic) bond motifs is 1. The van der Waals surface area contributed by atoms with E-state index in [1.807, 2.05) is 73.7 Å². The first-order valence-electron chi connectivity index (χ1n) is 9.69. The van der Waals surface area contributed by atoms with E-state index in [4.69, 9.17) is 4.42 Å². The molecule has 0 atom stereocenters. The number of nitrogens with zero attached hydrogens (tertiary/aromatic N) is 1. The van der Waals surface area contributed by atoms with Crippen LogP contribution in [0.3, 0.4) is 0 Å². The third-order valence-electron chi connectivity index (χ3n) is 4.92. The van der Waals surface area contributed by atoms with Crippen LogP contribution in [-0.4, -0.2) is 10.9 Å². The molecule has 146 valence electrons. The predicted octanol–water partition coefficient (Wildman–Crippen LogP) is 6.35. The summed E-state index contributed by atoms with van der Waals surface area (Å²) in [5.74, 6) is 0.395. The largest absolute Gasteiger partial charge is 0.436 e. The number of benzene rings is 3. The Labute approximate surface area is 170 Å². The summed E-state index contributed by atoms with van der Waals surface area (Å²) in [6.07, 6.45) is 0. The van der Waals surface area contributed by atoms with Crippen LogP contribution in [0.25, 0.3) is 22.6 Å². The number of hydrogen-bond donors (Lipinski definition) is 1. The van der Waals surface area contributed by atoms with Gasteiger partial charge < -0.3 is 9.73 Å². The van der Waals surface area contributed by atoms with Crippen LogP contribution >= 0.6 is 0 Å². The molecule has 0 aliphatic rings. The molecule has 0 radical (unpaired) electrons. The summed E-state index contributed by atoms with van der Waals surface area (Å²) in [5.41, 5.74) is 6.11. The summed E-state index contributed by atoms with van der Waals surface area (Å²) in [7, 11) is 0. The van der Waals surface area contributed by atoms with Gasteiger partial charge in [-0.1, -0.05) is 45.0 Å². The maximum Gasteiger partial charge on any atom is 0.255 e. The molecule has 0 saturated heterocycles. The van der Waals surface area contributed by atoms with Gasteiger partial charge in [0.05, 0.1) is 0 Å². The molecule has 0 saturated carbocycles. The maximum atomic E-state index is 12.7. The Kier molecular flexibility index (Phi) is 4.71. The second-order valence-electron chi connectivity index (χ2n) is 8.35. The Morgan fingerprint density at radius 1 is 0.966 bits per heavy atom. The fraction of sp³-hybridized carbons (Fsp3) is 0.200. The number of hydrogen-bond acceptors (Lipinski definition) is 3. The summed E-state index contributed by atoms with van der Waals surface area (Å²) >= 11 is 0. The number of carbonyl (C=O) groups excluding carboxylic acids is 1. The molecule has 3 aromatic carbocycles. The number of rotatable bonds is 3. The molecule has 0 fully saturated rings. The van der Waals surface area contributed by atoms with E-state index in [0.717, 1.165) is 22.2 Å². The van der Waals surface area contributed by atoms with Gasteiger partial charge in [0.15, 0.2) is 5.58 Å². The molecule has 1 N–H and O–H groups in total. The molecule has 4 rings (SSSR count). The lowest BCUT2D eigenvalue weighted by molar-refractivity contribution is 0.102. The first-order valence-corrected chi connectivity index (χ1v) is 9.69. The minimum atomic E-state index is -0.143. The Hall–Kier alpha value is -3.40. The highest BCUT2D eigenvalue weighted by Crippen LogP contribution is 2.27. The fourth-order valence-corrected chi connectivity index (χ4v) is 3.22. The van der Waals surface area contributed by atoms with Crippen molar-refractivity contribution in [2.24, 2.45) is 0 Å². The highest BCUT2D eigenvalue weighted by atomic mass is 16.3. The quantitative estimate of drug-likeness (QED) is 0.447. The zero-order valence-corrected chi connectivity index (χ0v) is 17.1. The molecular formula is C25H24N2O2. The van der Waals surface area contributed by atoms with E-state index in [1.165, 1.54) is 5.56 Å². The van der Waals surface area contributed by atoms with Crippen molar-refractivity contribution in [3.63, 3.8) is 0 Å². The maximum absolute atomic E-state index is 12.7. The lowest BCUT2D eigenvalue weighted by atomic mass is 9.87. The van der Waals surface area contributed by atoms with Gasteiger partial charge in [-0.3, -0.25) is 4.79 Å². The normalized spacial score (nSPS) is 11.6. The molecule has 1 heterocycles. The van der Waals surface area contributed by atoms with Crippen molar-refractivity contribution in [2.75, 3.05) is 5.32 Å². The van der Waals surface area contributed by atoms with Gasteiger partial charge in [-0.2, -0.15) is 0 Å². The molecule has 0 aliphatic carbocycles. The summed E-state index contributed by atoms with van der Waals surface area (Å²) in [6.45, 7) is 8.49. The lowest BCUT2D eigenvalue weighted by Crippen LogP contribution is -2.14. The van der Waals surface area contributed by atoms with Crippen molar-refractivity contribution in [2.45, 2.75) is 33.1 Å². The average molecular weight is 384 g/mol. The molecule has 0 bridgehead atoms. The molecule has 29 heavy (non-hydrogen) atoms. The molecule has 0 spiro atoms. The van der Waals surface area contributed by atoms with E-state index in [1.54, 1.807) is 0 Å². The molecule has 0 unspecified atom stereocenters. The summed E-state index contributed by atoms with van der Waals surface area (Å²) < 4.78 is 5.87. The van der Waals surface area contributed by atoms with Crippen molar-refractivity contribution < 1.29 is 9.21 Å². The standard InChI is InChI=1S/C25H24N2O2/c1-16-8-13-22-21(14-16)27-24(29-22)18-6-5-7-20(15-18)26-23(28)17-9-11-19(12-10-17)25(2,3)4/h5-15H,1-4H3,(H,26,28). The molecule has 4 nitrogen and oxygen atoms in total. The van der Waals surface area contributed by atoms with Crippen molar-refractivity contribution in [1.29, 1.82) is 0 Å². The van der Waals surface area contributed by atoms with Gasteiger partial charge in [-0.05, 0) is 65.9 Å². The Morgan fingerprint density at radius 3 is 2.45 bits per heavy atom. The third-order valence-corrected chi connectivity index (χ3v) is 4.92. The smallest absolute Gasteiger partial charge is 0.255 e. The van der Waals surface area contributed by atoms with Gasteiger partial charge in [-0.25, -0.2) is 4.98 Å². The second kappa shape index (κ2) is 7.21. The Morgan fingerprint density at radius 2 is 1.72 bits per heavy atom. The summed E-state index contributed by atoms with van der Waals surface area (Å²) in [4.78, 5) is 17.2. The molecule has 1 aromatic heterocycles. The minimum absolute atomic E-state index is 0.0570. The van der Waals surface area contributed by atoms with Gasteiger partial charge in [0, 0.05) is 16.8 Å². The number of aromatic nitrogens is 1. The van der Waals surface area contributed by atoms with Crippen molar-refractivity contribution in [3.05, 3.63) is 83.4 Å². The van der Waals surface area contributed by atoms with E-state index in [-0.39, 0.29) is 11.3 Å². The average Bonchev–Trinajstić information content (AvgIpc) is 3.11. The van der Waals surface area contributed by atoms with Crippen LogP contribution in [-0.2, 0) is 5.41 Å². The van der Waals surface area contributed by atoms with Gasteiger partial charge >= 0.3 is 0 Å². The number of amides is 1. The minimum Gasteiger partial charge on any atom is -0.436 e. The van der Waals surface area contributed by atoms with Crippen LogP contribution in [0.1, 0.15) is 42.3 Å². The molecule has 0 aliphatic heterocycles. The van der Waals surface area contributed by atoms with Gasteiger partial charge in [0.2, 0.25) is 5.89 Å². The Balaban J connectivity index is 1.56. The lowest BCUT2D eigenvalue weighted by Gasteiger charge is -2.19. The van der Waals surface area contributed by atoms with Crippen LogP contribution in [0.2, 0.25) is 0 Å². The Bertz CT molecular complexity index is 1180. The molecule has 4 heteroatoms. The van der Waals surface area contributed by atoms with Crippen LogP contribution in [0, 0.1) is 6.92 Å². The SMILES string of the molecule is Cc1ccc2oc(-c3cccc(NC(=O)c4ccc(C(C)(C)C)cc4)c3)nc2c1. The van der Waals surface area contributed by atoms with Gasteiger partial charge in [-0.15, -0.1) is 0 Å². The zero-order valence-electron chi connectivity index (χ0n) is 17.1. The predicted molar refractivity (Wildman–Crippen MR) is 117 cm³/mol. The number of aryl methyl sites for hydroxylation is 1. The first kappa shape index (κ1) is 18.9. The van der Waals surface area contributed by atoms with E-state index < -0.39 is 0 Å². The van der Waals surface area contributed by atoms with E-state index in [0.29, 0.717) is 17.1 Å². The highest BCUT2D eigenvalue weighted by molar-refractivity contribution is 6.04. The third kappa shape index (κ3) is 4.06. The van der Waals surface area contributed by atoms with Crippen LogP contribution in [0.4, 0.5) is 5.69 Å². The van der Waals surface area contributed by atoms with E-state index in [2.05, 4.69) is 31.1 Å². The number of anilines is 1. The van der Waals surface area contributed by atoms with Crippen molar-refractivity contribution in [1.82, 2.24) is 4.98 Å². The molecule has 1 amide bonds. The topological polar surface area (TPSA) is 55.1 Å². The number of oxazole rings is 1. The number of carbonyl (C=O) groups is 1. The monoisotopic (exact) mass is 384 g/mol. The highest BCUT2D eigenvalue weighted by Gasteiger charge is 2.15. The first-order chi connectivity index (χ1) is 13.8. The van der Waals surface area contributed by atoms with E-state index >= 15 is 0 Å². The second-order valence-corrected chi connectivity index (χ2v) is 8.35. The van der Waals surface area contributed by atoms with Crippen molar-refractivity contribution >= 4 is 22.7 Å². The number of nitrogens with one attached hydrogen (secondary N) is 1. The van der Waals surface area contributed by atoms with E-state index in [9.17, 15) is 4.79 Å². The zero-order chi connectivity index (χ0) is 20.6. The van der Waals surface area contributed by atoms with Gasteiger partial charge in [0.1, 0.15) is 5.52 Å². The van der Waals surface area contributed by atoms with Crippen LogP contribution < -0.4 is 5.32 Å². The van der Waals surface area contributed by atoms with Crippen LogP contribution in [0.5, 0.6) is 0 Å². The van der Waals surface area contributed by atoms with Gasteiger partial charge in [0.25, 0.3) is 5.91 Å².